The molecule has 4 saturated carbocycles. The van der Waals surface area contributed by atoms with Crippen molar-refractivity contribution in [1.29, 1.82) is 0 Å². The van der Waals surface area contributed by atoms with Gasteiger partial charge in [0.2, 0.25) is 0 Å². The first-order valence-corrected chi connectivity index (χ1v) is 30.8. The summed E-state index contributed by atoms with van der Waals surface area (Å²) in [4.78, 5) is 12.6. The normalized spacial score (nSPS) is 56.1. The average molecular weight is 1250 g/mol. The van der Waals surface area contributed by atoms with E-state index in [2.05, 4.69) is 33.8 Å². The summed E-state index contributed by atoms with van der Waals surface area (Å²) in [6.07, 6.45) is -31.9. The number of aliphatic hydroxyl groups is 16. The summed E-state index contributed by atoms with van der Waals surface area (Å²) in [7, 11) is 0. The number of allylic oxidation sites excluding steroid dienone is 2. The van der Waals surface area contributed by atoms with Gasteiger partial charge in [0.25, 0.3) is 0 Å². The summed E-state index contributed by atoms with van der Waals surface area (Å²) in [6.45, 7) is 11.4. The Morgan fingerprint density at radius 2 is 1.22 bits per heavy atom. The average Bonchev–Trinajstić information content (AvgIpc) is 0.958. The van der Waals surface area contributed by atoms with Gasteiger partial charge in [0.1, 0.15) is 97.2 Å². The molecule has 28 nitrogen and oxygen atoms in total. The Hall–Kier alpha value is -1.83. The smallest absolute Gasteiger partial charge is 0.335 e. The lowest BCUT2D eigenvalue weighted by Gasteiger charge is -2.72. The van der Waals surface area contributed by atoms with E-state index in [4.69, 9.17) is 47.4 Å². The molecule has 9 fully saturated rings. The minimum absolute atomic E-state index is 0.0101. The Balaban J connectivity index is 0.863. The Bertz CT molecular complexity index is 2450. The molecule has 0 aromatic rings. The predicted molar refractivity (Wildman–Crippen MR) is 291 cm³/mol. The summed E-state index contributed by atoms with van der Waals surface area (Å²) < 4.78 is 59.5. The number of carboxylic acid groups (broad SMARTS) is 1. The number of carbonyl (C=O) groups is 1. The van der Waals surface area contributed by atoms with Gasteiger partial charge in [-0.25, -0.2) is 4.79 Å². The molecule has 10 rings (SSSR count). The number of rotatable bonds is 16. The highest BCUT2D eigenvalue weighted by Gasteiger charge is 2.70. The molecule has 0 amide bonds. The highest BCUT2D eigenvalue weighted by Crippen LogP contribution is 2.76. The van der Waals surface area contributed by atoms with Crippen molar-refractivity contribution >= 4 is 5.97 Å². The first kappa shape index (κ1) is 68.0. The van der Waals surface area contributed by atoms with Crippen molar-refractivity contribution < 1.29 is 139 Å². The van der Waals surface area contributed by atoms with Crippen LogP contribution in [-0.2, 0) is 52.2 Å². The van der Waals surface area contributed by atoms with E-state index >= 15 is 0 Å². The molecule has 0 aromatic heterocycles. The third kappa shape index (κ3) is 11.3. The summed E-state index contributed by atoms with van der Waals surface area (Å²) in [6, 6.07) is 0. The summed E-state index contributed by atoms with van der Waals surface area (Å²) >= 11 is 0. The van der Waals surface area contributed by atoms with E-state index in [0.717, 1.165) is 12.8 Å². The molecule has 87 heavy (non-hydrogen) atoms. The van der Waals surface area contributed by atoms with Crippen LogP contribution >= 0.6 is 0 Å². The standard InChI is InChI=1S/C59H96O28/c1-24-33(64)36(67)42(73)49(81-24)86-44-38(69)34(65)27(18-60)82-50(44)87-45-40(71)39(70)43(47(75)76)85-51(45)84-32-11-12-55(4)29(56(32,5)20-61)10-13-58(7)30(55)9-8-25-26-16-53(2,17-31(63)54(26,3)14-15-57(25,58)6)22-79-48-41(72)37(68)35(66)28(83-48)19-78-52-46(74)59(77,21-62)23-80-52/h8,24,26-46,48-52,60-74,77H,9-23H2,1-7H3,(H,75,76)/t24-,26-,27+,28+,29?,30?,31+,32-,33-,34+,35+,36+,37-,38-,39-,40-,41+,42+,43-,44+,45+,46-,48+,49-,50-,51+,52+,53+,54+,55-,56+,57+,58+,59+/m0/s1. The minimum atomic E-state index is -2.13. The molecular weight excluding hydrogens is 1160 g/mol. The van der Waals surface area contributed by atoms with Gasteiger partial charge >= 0.3 is 5.97 Å². The number of carboxylic acids is 1. The number of hydrogen-bond acceptors (Lipinski definition) is 27. The molecule has 5 aliphatic heterocycles. The fourth-order valence-corrected chi connectivity index (χ4v) is 17.7. The minimum Gasteiger partial charge on any atom is -0.479 e. The van der Waals surface area contributed by atoms with Gasteiger partial charge in [-0.2, -0.15) is 0 Å². The summed E-state index contributed by atoms with van der Waals surface area (Å²) in [5, 5.41) is 185. The highest BCUT2D eigenvalue weighted by molar-refractivity contribution is 5.73. The fraction of sp³-hybridized carbons (Fsp3) is 0.949. The molecule has 5 saturated heterocycles. The lowest BCUT2D eigenvalue weighted by atomic mass is 9.33. The van der Waals surface area contributed by atoms with E-state index in [0.29, 0.717) is 44.9 Å². The molecule has 0 bridgehead atoms. The van der Waals surface area contributed by atoms with Crippen molar-refractivity contribution in [1.82, 2.24) is 0 Å². The van der Waals surface area contributed by atoms with Crippen LogP contribution in [0.15, 0.2) is 11.6 Å². The quantitative estimate of drug-likeness (QED) is 0.0517. The molecule has 5 heterocycles. The molecule has 5 aliphatic carbocycles. The third-order valence-electron chi connectivity index (χ3n) is 23.7. The zero-order valence-electron chi connectivity index (χ0n) is 50.4. The molecule has 0 aromatic carbocycles. The van der Waals surface area contributed by atoms with Crippen molar-refractivity contribution in [3.63, 3.8) is 0 Å². The van der Waals surface area contributed by atoms with E-state index in [9.17, 15) is 91.6 Å². The van der Waals surface area contributed by atoms with Gasteiger partial charge in [0, 0.05) is 10.8 Å². The van der Waals surface area contributed by atoms with Gasteiger partial charge in [-0.1, -0.05) is 53.2 Å². The highest BCUT2D eigenvalue weighted by atomic mass is 16.8. The SMILES string of the molecule is C[C@@H]1O[C@@H](O[C@H]2[C@H](O[C@H]3[C@H](O[C@H]4CC[C@@]5(C)C(CC[C@]6(C)C5CC=C5[C@@H]7C[C@@](C)(CO[C@@H]8O[C@H](CO[C@@H]9OC[C@](O)(CO)[C@H]9O)[C@@H](O)[C@H](O)[C@H]8O)C[C@@H](O)[C@]7(C)CC[C@]56C)[C@@]4(C)CO)O[C@H](C(=O)O)[C@@H](O)[C@@H]3O)O[C@H](CO)[C@@H](O)[C@@H]2O)[C@H](O)[C@H](O)[C@H]1O. The molecule has 17 N–H and O–H groups in total. The lowest BCUT2D eigenvalue weighted by molar-refractivity contribution is -0.396. The first-order valence-electron chi connectivity index (χ1n) is 30.8. The van der Waals surface area contributed by atoms with Crippen molar-refractivity contribution in [2.45, 2.75) is 259 Å². The molecule has 500 valence electrons. The molecule has 10 aliphatic rings. The second-order valence-electron chi connectivity index (χ2n) is 28.8. The van der Waals surface area contributed by atoms with Crippen LogP contribution in [0.4, 0.5) is 0 Å². The first-order chi connectivity index (χ1) is 40.7. The maximum Gasteiger partial charge on any atom is 0.335 e. The topological polar surface area (TPSA) is 453 Å². The molecule has 2 unspecified atom stereocenters. The van der Waals surface area contributed by atoms with E-state index in [1.54, 1.807) is 0 Å². The van der Waals surface area contributed by atoms with Crippen LogP contribution in [-0.4, -0.2) is 285 Å². The van der Waals surface area contributed by atoms with Crippen LogP contribution in [0.25, 0.3) is 0 Å². The number of ether oxygens (including phenoxy) is 10. The largest absolute Gasteiger partial charge is 0.479 e. The molecule has 0 radical (unpaired) electrons. The van der Waals surface area contributed by atoms with Crippen LogP contribution in [0.3, 0.4) is 0 Å². The number of aliphatic hydroxyl groups excluding tert-OH is 15. The van der Waals surface area contributed by atoms with Gasteiger partial charge in [-0.3, -0.25) is 0 Å². The predicted octanol–water partition coefficient (Wildman–Crippen LogP) is -4.03. The molecule has 0 spiro atoms. The summed E-state index contributed by atoms with van der Waals surface area (Å²) in [5.41, 5.74) is -4.09. The van der Waals surface area contributed by atoms with Crippen molar-refractivity contribution in [3.8, 4) is 0 Å². The van der Waals surface area contributed by atoms with Crippen LogP contribution in [0.5, 0.6) is 0 Å². The maximum atomic E-state index is 12.6. The van der Waals surface area contributed by atoms with Crippen molar-refractivity contribution in [2.24, 2.45) is 50.2 Å². The number of aliphatic carboxylic acids is 1. The van der Waals surface area contributed by atoms with Crippen LogP contribution in [0.2, 0.25) is 0 Å². The second-order valence-corrected chi connectivity index (χ2v) is 28.8. The van der Waals surface area contributed by atoms with Gasteiger partial charge < -0.3 is 134 Å². The molecular formula is C59H96O28. The fourth-order valence-electron chi connectivity index (χ4n) is 17.7. The van der Waals surface area contributed by atoms with E-state index < -0.39 is 214 Å². The maximum absolute atomic E-state index is 12.6. The zero-order valence-corrected chi connectivity index (χ0v) is 50.4. The van der Waals surface area contributed by atoms with Gasteiger partial charge in [-0.15, -0.1) is 0 Å². The van der Waals surface area contributed by atoms with Gasteiger partial charge in [-0.05, 0) is 104 Å². The third-order valence-corrected chi connectivity index (χ3v) is 23.7. The Morgan fingerprint density at radius 1 is 0.598 bits per heavy atom. The molecule has 34 atom stereocenters. The van der Waals surface area contributed by atoms with Crippen LogP contribution in [0, 0.1) is 50.2 Å². The Kier molecular flexibility index (Phi) is 19.4. The van der Waals surface area contributed by atoms with E-state index in [1.165, 1.54) is 12.5 Å². The Morgan fingerprint density at radius 3 is 1.86 bits per heavy atom. The lowest BCUT2D eigenvalue weighted by Crippen LogP contribution is -2.68. The van der Waals surface area contributed by atoms with Gasteiger partial charge in [0.15, 0.2) is 37.6 Å². The van der Waals surface area contributed by atoms with Crippen LogP contribution in [0.1, 0.15) is 106 Å². The second kappa shape index (κ2) is 24.8. The number of hydrogen-bond donors (Lipinski definition) is 17. The van der Waals surface area contributed by atoms with E-state index in [1.807, 2.05) is 13.8 Å². The zero-order chi connectivity index (χ0) is 63.6. The van der Waals surface area contributed by atoms with E-state index in [-0.39, 0.29) is 35.2 Å². The summed E-state index contributed by atoms with van der Waals surface area (Å²) in [5.74, 6) is -1.92. The Labute approximate surface area is 504 Å². The van der Waals surface area contributed by atoms with Crippen LogP contribution < -0.4 is 0 Å². The monoisotopic (exact) mass is 1250 g/mol. The number of fused-ring (bicyclic) bond motifs is 7. The van der Waals surface area contributed by atoms with Gasteiger partial charge in [0.05, 0.1) is 58.0 Å². The van der Waals surface area contributed by atoms with Crippen molar-refractivity contribution in [3.05, 3.63) is 11.6 Å². The molecule has 28 heteroatoms. The van der Waals surface area contributed by atoms with Crippen molar-refractivity contribution in [2.75, 3.05) is 39.6 Å².